The van der Waals surface area contributed by atoms with E-state index in [1.165, 1.54) is 32.1 Å². The fourth-order valence-corrected chi connectivity index (χ4v) is 3.78. The first kappa shape index (κ1) is 16.3. The van der Waals surface area contributed by atoms with Crippen LogP contribution in [-0.2, 0) is 11.3 Å². The molecule has 2 aromatic rings. The summed E-state index contributed by atoms with van der Waals surface area (Å²) in [7, 11) is 0. The molecule has 3 N–H and O–H groups in total. The lowest BCUT2D eigenvalue weighted by atomic mass is 9.95. The third kappa shape index (κ3) is 3.73. The fourth-order valence-electron chi connectivity index (χ4n) is 3.78. The van der Waals surface area contributed by atoms with Crippen LogP contribution in [0.3, 0.4) is 0 Å². The highest BCUT2D eigenvalue weighted by Crippen LogP contribution is 2.29. The van der Waals surface area contributed by atoms with E-state index in [9.17, 15) is 0 Å². The minimum Gasteiger partial charge on any atom is -0.381 e. The summed E-state index contributed by atoms with van der Waals surface area (Å²) in [6, 6.07) is 2.49. The van der Waals surface area contributed by atoms with Gasteiger partial charge in [0.2, 0.25) is 5.95 Å². The summed E-state index contributed by atoms with van der Waals surface area (Å²) < 4.78 is 7.66. The second-order valence-corrected chi connectivity index (χ2v) is 6.90. The lowest BCUT2D eigenvalue weighted by Crippen LogP contribution is -2.17. The first-order valence-corrected chi connectivity index (χ1v) is 9.14. The van der Waals surface area contributed by atoms with Crippen LogP contribution in [0.4, 0.5) is 11.8 Å². The monoisotopic (exact) mass is 343 g/mol. The number of nitrogens with zero attached hydrogens (tertiary/aromatic N) is 5. The molecule has 0 spiro atoms. The van der Waals surface area contributed by atoms with Gasteiger partial charge in [-0.1, -0.05) is 19.3 Å². The van der Waals surface area contributed by atoms with Crippen molar-refractivity contribution in [2.75, 3.05) is 24.3 Å². The van der Waals surface area contributed by atoms with E-state index in [0.29, 0.717) is 31.1 Å². The van der Waals surface area contributed by atoms with E-state index in [4.69, 9.17) is 10.5 Å². The molecule has 8 nitrogen and oxygen atoms in total. The van der Waals surface area contributed by atoms with Gasteiger partial charge < -0.3 is 20.4 Å². The van der Waals surface area contributed by atoms with Gasteiger partial charge in [0.05, 0.1) is 18.8 Å². The van der Waals surface area contributed by atoms with E-state index in [-0.39, 0.29) is 0 Å². The minimum atomic E-state index is 0.292. The van der Waals surface area contributed by atoms with Crippen LogP contribution in [0.15, 0.2) is 12.4 Å². The molecule has 0 bridgehead atoms. The molecule has 2 aliphatic rings. The zero-order valence-electron chi connectivity index (χ0n) is 14.4. The number of aromatic nitrogens is 5. The number of hydrogen-bond acceptors (Lipinski definition) is 7. The molecule has 2 aromatic heterocycles. The van der Waals surface area contributed by atoms with Crippen LogP contribution in [0.2, 0.25) is 0 Å². The average Bonchev–Trinajstić information content (AvgIpc) is 3.32. The lowest BCUT2D eigenvalue weighted by Gasteiger charge is -2.24. The molecular formula is C17H25N7O. The van der Waals surface area contributed by atoms with Gasteiger partial charge in [-0.25, -0.2) is 4.98 Å². The molecule has 1 saturated heterocycles. The zero-order valence-corrected chi connectivity index (χ0v) is 14.4. The van der Waals surface area contributed by atoms with Gasteiger partial charge in [-0.2, -0.15) is 4.98 Å². The molecule has 0 radical (unpaired) electrons. The third-order valence-electron chi connectivity index (χ3n) is 5.15. The summed E-state index contributed by atoms with van der Waals surface area (Å²) in [5, 5.41) is 11.7. The van der Waals surface area contributed by atoms with E-state index >= 15 is 0 Å². The fraction of sp³-hybridized carbons (Fsp3) is 0.647. The lowest BCUT2D eigenvalue weighted by molar-refractivity contribution is 0.193. The average molecular weight is 343 g/mol. The van der Waals surface area contributed by atoms with Crippen molar-refractivity contribution in [3.63, 3.8) is 0 Å². The van der Waals surface area contributed by atoms with Gasteiger partial charge >= 0.3 is 0 Å². The van der Waals surface area contributed by atoms with Gasteiger partial charge in [0.25, 0.3) is 0 Å². The number of ether oxygens (including phenoxy) is 1. The van der Waals surface area contributed by atoms with Crippen molar-refractivity contribution in [2.45, 2.75) is 57.0 Å². The Bertz CT molecular complexity index is 705. The molecule has 1 aliphatic heterocycles. The zero-order chi connectivity index (χ0) is 17.1. The van der Waals surface area contributed by atoms with Crippen molar-refractivity contribution in [1.29, 1.82) is 0 Å². The molecule has 25 heavy (non-hydrogen) atoms. The normalized spacial score (nSPS) is 21.5. The van der Waals surface area contributed by atoms with Crippen LogP contribution < -0.4 is 11.1 Å². The highest BCUT2D eigenvalue weighted by molar-refractivity contribution is 5.41. The molecule has 4 rings (SSSR count). The van der Waals surface area contributed by atoms with E-state index < -0.39 is 0 Å². The van der Waals surface area contributed by atoms with Crippen LogP contribution in [-0.4, -0.2) is 37.9 Å². The van der Waals surface area contributed by atoms with Crippen molar-refractivity contribution in [2.24, 2.45) is 0 Å². The largest absolute Gasteiger partial charge is 0.381 e. The molecule has 3 heterocycles. The summed E-state index contributed by atoms with van der Waals surface area (Å²) in [4.78, 5) is 8.67. The number of rotatable bonds is 5. The Kier molecular flexibility index (Phi) is 4.78. The highest BCUT2D eigenvalue weighted by Gasteiger charge is 2.21. The Morgan fingerprint density at radius 3 is 2.88 bits per heavy atom. The molecule has 8 heteroatoms. The van der Waals surface area contributed by atoms with E-state index in [2.05, 4.69) is 30.0 Å². The molecule has 1 unspecified atom stereocenters. The van der Waals surface area contributed by atoms with Crippen LogP contribution in [0.5, 0.6) is 0 Å². The maximum atomic E-state index is 5.89. The summed E-state index contributed by atoms with van der Waals surface area (Å²) >= 11 is 0. The molecular weight excluding hydrogens is 318 g/mol. The third-order valence-corrected chi connectivity index (χ3v) is 5.15. The number of nitrogens with one attached hydrogen (secondary N) is 1. The minimum absolute atomic E-state index is 0.292. The van der Waals surface area contributed by atoms with Gasteiger partial charge in [-0.3, -0.25) is 0 Å². The van der Waals surface area contributed by atoms with Gasteiger partial charge in [0.15, 0.2) is 5.82 Å². The smallest absolute Gasteiger partial charge is 0.222 e. The summed E-state index contributed by atoms with van der Waals surface area (Å²) in [6.07, 6.45) is 9.14. The van der Waals surface area contributed by atoms with Crippen LogP contribution in [0, 0.1) is 0 Å². The summed E-state index contributed by atoms with van der Waals surface area (Å²) in [5.74, 6) is 2.26. The van der Waals surface area contributed by atoms with Crippen molar-refractivity contribution >= 4 is 11.8 Å². The molecule has 2 fully saturated rings. The van der Waals surface area contributed by atoms with E-state index in [1.807, 2.05) is 12.4 Å². The first-order chi connectivity index (χ1) is 12.3. The topological polar surface area (TPSA) is 104 Å². The standard InChI is InChI=1S/C17H25N7O/c18-17-21-14(12-6-7-25-10-12)8-15(22-17)19-9-16-23-20-11-24(16)13-4-2-1-3-5-13/h8,11-13H,1-7,9-10H2,(H3,18,19,21,22). The van der Waals surface area contributed by atoms with Gasteiger partial charge in [0.1, 0.15) is 12.1 Å². The molecule has 1 aliphatic carbocycles. The molecule has 0 amide bonds. The Balaban J connectivity index is 1.45. The Morgan fingerprint density at radius 1 is 1.20 bits per heavy atom. The second-order valence-electron chi connectivity index (χ2n) is 6.90. The predicted molar refractivity (Wildman–Crippen MR) is 94.1 cm³/mol. The predicted octanol–water partition coefficient (Wildman–Crippen LogP) is 2.27. The number of nitrogens with two attached hydrogens (primary N) is 1. The first-order valence-electron chi connectivity index (χ1n) is 9.14. The van der Waals surface area contributed by atoms with Gasteiger partial charge in [-0.15, -0.1) is 10.2 Å². The van der Waals surface area contributed by atoms with Crippen molar-refractivity contribution < 1.29 is 4.74 Å². The molecule has 1 saturated carbocycles. The van der Waals surface area contributed by atoms with Crippen molar-refractivity contribution in [3.05, 3.63) is 23.9 Å². The van der Waals surface area contributed by atoms with Crippen LogP contribution in [0.1, 0.15) is 62.0 Å². The molecule has 0 aromatic carbocycles. The SMILES string of the molecule is Nc1nc(NCc2nncn2C2CCCCC2)cc(C2CCOC2)n1. The van der Waals surface area contributed by atoms with Crippen LogP contribution >= 0.6 is 0 Å². The number of nitrogen functional groups attached to an aromatic ring is 1. The molecule has 134 valence electrons. The Hall–Kier alpha value is -2.22. The summed E-state index contributed by atoms with van der Waals surface area (Å²) in [6.45, 7) is 2.06. The number of anilines is 2. The van der Waals surface area contributed by atoms with E-state index in [1.54, 1.807) is 0 Å². The maximum Gasteiger partial charge on any atom is 0.222 e. The second kappa shape index (κ2) is 7.35. The van der Waals surface area contributed by atoms with Crippen molar-refractivity contribution in [1.82, 2.24) is 24.7 Å². The van der Waals surface area contributed by atoms with Gasteiger partial charge in [-0.05, 0) is 19.3 Å². The quantitative estimate of drug-likeness (QED) is 0.858. The number of hydrogen-bond donors (Lipinski definition) is 2. The Morgan fingerprint density at radius 2 is 2.08 bits per heavy atom. The van der Waals surface area contributed by atoms with Crippen molar-refractivity contribution in [3.8, 4) is 0 Å². The summed E-state index contributed by atoms with van der Waals surface area (Å²) in [5.41, 5.74) is 6.83. The Labute approximate surface area is 147 Å². The molecule has 1 atom stereocenters. The van der Waals surface area contributed by atoms with E-state index in [0.717, 1.165) is 30.4 Å². The highest BCUT2D eigenvalue weighted by atomic mass is 16.5. The van der Waals surface area contributed by atoms with Crippen LogP contribution in [0.25, 0.3) is 0 Å². The maximum absolute atomic E-state index is 5.89. The van der Waals surface area contributed by atoms with Gasteiger partial charge in [0, 0.05) is 24.6 Å².